The van der Waals surface area contributed by atoms with Gasteiger partial charge in [0.15, 0.2) is 0 Å². The molecule has 3 heterocycles. The average Bonchev–Trinajstić information content (AvgIpc) is 2.78. The molecule has 2 aliphatic heterocycles. The van der Waals surface area contributed by atoms with Gasteiger partial charge in [-0.1, -0.05) is 0 Å². The molecule has 1 aromatic heterocycles. The van der Waals surface area contributed by atoms with Crippen molar-refractivity contribution < 1.29 is 14.3 Å². The normalized spacial score (nSPS) is 20.6. The summed E-state index contributed by atoms with van der Waals surface area (Å²) in [4.78, 5) is 26.9. The highest BCUT2D eigenvalue weighted by Gasteiger charge is 2.32. The molecule has 162 valence electrons. The van der Waals surface area contributed by atoms with E-state index in [1.54, 1.807) is 14.2 Å². The van der Waals surface area contributed by atoms with E-state index in [0.29, 0.717) is 11.8 Å². The third-order valence-corrected chi connectivity index (χ3v) is 6.44. The zero-order chi connectivity index (χ0) is 21.1. The summed E-state index contributed by atoms with van der Waals surface area (Å²) >= 11 is 0. The third kappa shape index (κ3) is 4.36. The number of likely N-dealkylation sites (tertiary alicyclic amines) is 1. The fourth-order valence-corrected chi connectivity index (χ4v) is 4.74. The number of methoxy groups -OCH3 is 2. The maximum absolute atomic E-state index is 13.1. The van der Waals surface area contributed by atoms with Crippen LogP contribution in [-0.2, 0) is 9.53 Å². The second-order valence-corrected chi connectivity index (χ2v) is 8.50. The van der Waals surface area contributed by atoms with E-state index in [4.69, 9.17) is 19.4 Å². The summed E-state index contributed by atoms with van der Waals surface area (Å²) < 4.78 is 10.7. The Morgan fingerprint density at radius 2 is 1.93 bits per heavy atom. The number of rotatable bonds is 5. The smallest absolute Gasteiger partial charge is 0.226 e. The highest BCUT2D eigenvalue weighted by atomic mass is 16.5. The van der Waals surface area contributed by atoms with Crippen LogP contribution in [0.1, 0.15) is 31.4 Å². The van der Waals surface area contributed by atoms with Crippen LogP contribution in [0.5, 0.6) is 5.75 Å². The summed E-state index contributed by atoms with van der Waals surface area (Å²) in [7, 11) is 3.40. The molecule has 7 heteroatoms. The Morgan fingerprint density at radius 3 is 2.67 bits per heavy atom. The van der Waals surface area contributed by atoms with E-state index in [0.717, 1.165) is 86.8 Å². The number of fused-ring (bicyclic) bond motifs is 1. The second kappa shape index (κ2) is 9.16. The molecule has 0 N–H and O–H groups in total. The van der Waals surface area contributed by atoms with Gasteiger partial charge in [0, 0.05) is 50.7 Å². The molecule has 1 atom stereocenters. The number of hydrogen-bond donors (Lipinski definition) is 0. The van der Waals surface area contributed by atoms with E-state index in [1.165, 1.54) is 0 Å². The monoisotopic (exact) mass is 412 g/mol. The molecule has 2 fully saturated rings. The topological polar surface area (TPSA) is 67.8 Å². The summed E-state index contributed by atoms with van der Waals surface area (Å²) in [6.07, 6.45) is 3.93. The minimum absolute atomic E-state index is 0.101. The minimum Gasteiger partial charge on any atom is -0.497 e. The van der Waals surface area contributed by atoms with Crippen molar-refractivity contribution in [3.63, 3.8) is 0 Å². The summed E-state index contributed by atoms with van der Waals surface area (Å²) in [5.74, 6) is 2.43. The summed E-state index contributed by atoms with van der Waals surface area (Å²) in [5.41, 5.74) is 1.86. The Hall–Kier alpha value is -2.41. The first-order valence-corrected chi connectivity index (χ1v) is 10.9. The van der Waals surface area contributed by atoms with E-state index in [2.05, 4.69) is 9.80 Å². The number of nitrogens with zero attached hydrogens (tertiary/aromatic N) is 4. The number of aromatic nitrogens is 2. The number of amides is 1. The molecule has 2 aliphatic rings. The molecule has 1 amide bonds. The minimum atomic E-state index is 0.101. The van der Waals surface area contributed by atoms with Crippen LogP contribution in [0.25, 0.3) is 10.9 Å². The Kier molecular flexibility index (Phi) is 6.37. The van der Waals surface area contributed by atoms with E-state index >= 15 is 0 Å². The van der Waals surface area contributed by atoms with Gasteiger partial charge in [-0.15, -0.1) is 0 Å². The third-order valence-electron chi connectivity index (χ3n) is 6.44. The average molecular weight is 413 g/mol. The molecule has 0 spiro atoms. The molecule has 1 aromatic carbocycles. The lowest BCUT2D eigenvalue weighted by Crippen LogP contribution is -2.47. The zero-order valence-electron chi connectivity index (χ0n) is 18.3. The Morgan fingerprint density at radius 1 is 1.13 bits per heavy atom. The predicted octanol–water partition coefficient (Wildman–Crippen LogP) is 3.05. The lowest BCUT2D eigenvalue weighted by Gasteiger charge is -2.37. The first-order valence-electron chi connectivity index (χ1n) is 10.9. The fourth-order valence-electron chi connectivity index (χ4n) is 4.74. The van der Waals surface area contributed by atoms with Gasteiger partial charge in [0.25, 0.3) is 0 Å². The number of ether oxygens (including phenoxy) is 2. The molecular formula is C23H32N4O3. The zero-order valence-corrected chi connectivity index (χ0v) is 18.3. The van der Waals surface area contributed by atoms with E-state index < -0.39 is 0 Å². The summed E-state index contributed by atoms with van der Waals surface area (Å²) in [6.45, 7) is 6.09. The first kappa shape index (κ1) is 20.8. The van der Waals surface area contributed by atoms with E-state index in [9.17, 15) is 4.79 Å². The van der Waals surface area contributed by atoms with Gasteiger partial charge in [-0.05, 0) is 50.7 Å². The number of aryl methyl sites for hydroxylation is 1. The molecule has 0 bridgehead atoms. The number of hydrogen-bond acceptors (Lipinski definition) is 6. The molecular weight excluding hydrogens is 380 g/mol. The SMILES string of the molecule is COC[C@H]1CCCN(C(=O)C2CCN(c3nc(C)c4ccc(OC)cc4n3)CC2)C1. The highest BCUT2D eigenvalue weighted by Crippen LogP contribution is 2.28. The molecule has 4 rings (SSSR count). The van der Waals surface area contributed by atoms with Crippen molar-refractivity contribution in [3.8, 4) is 5.75 Å². The molecule has 0 saturated carbocycles. The van der Waals surface area contributed by atoms with Gasteiger partial charge in [-0.25, -0.2) is 9.97 Å². The Bertz CT molecular complexity index is 893. The van der Waals surface area contributed by atoms with Crippen molar-refractivity contribution in [1.29, 1.82) is 0 Å². The van der Waals surface area contributed by atoms with Crippen molar-refractivity contribution in [2.75, 3.05) is 51.9 Å². The van der Waals surface area contributed by atoms with Crippen LogP contribution in [0, 0.1) is 18.8 Å². The number of benzene rings is 1. The first-order chi connectivity index (χ1) is 14.6. The van der Waals surface area contributed by atoms with Gasteiger partial charge >= 0.3 is 0 Å². The number of piperidine rings is 2. The van der Waals surface area contributed by atoms with Gasteiger partial charge in [0.2, 0.25) is 11.9 Å². The lowest BCUT2D eigenvalue weighted by atomic mass is 9.92. The standard InChI is InChI=1S/C23H32N4O3/c1-16-20-7-6-19(30-3)13-21(20)25-23(24-16)26-11-8-18(9-12-26)22(28)27-10-4-5-17(14-27)15-29-2/h6-7,13,17-18H,4-5,8-12,14-15H2,1-3H3/t17-/m0/s1. The Labute approximate surface area is 178 Å². The van der Waals surface area contributed by atoms with E-state index in [1.807, 2.05) is 25.1 Å². The number of carbonyl (C=O) groups is 1. The molecule has 0 radical (unpaired) electrons. The fraction of sp³-hybridized carbons (Fsp3) is 0.609. The van der Waals surface area contributed by atoms with Crippen molar-refractivity contribution in [1.82, 2.24) is 14.9 Å². The Balaban J connectivity index is 1.41. The van der Waals surface area contributed by atoms with Crippen LogP contribution in [0.2, 0.25) is 0 Å². The van der Waals surface area contributed by atoms with Crippen LogP contribution in [0.4, 0.5) is 5.95 Å². The quantitative estimate of drug-likeness (QED) is 0.752. The highest BCUT2D eigenvalue weighted by molar-refractivity contribution is 5.83. The van der Waals surface area contributed by atoms with Crippen LogP contribution >= 0.6 is 0 Å². The molecule has 2 aromatic rings. The predicted molar refractivity (Wildman–Crippen MR) is 117 cm³/mol. The van der Waals surface area contributed by atoms with Crippen molar-refractivity contribution in [2.24, 2.45) is 11.8 Å². The lowest BCUT2D eigenvalue weighted by molar-refractivity contribution is -0.138. The van der Waals surface area contributed by atoms with Gasteiger partial charge < -0.3 is 19.3 Å². The van der Waals surface area contributed by atoms with Crippen LogP contribution in [0.15, 0.2) is 18.2 Å². The van der Waals surface area contributed by atoms with Gasteiger partial charge in [-0.3, -0.25) is 4.79 Å². The van der Waals surface area contributed by atoms with E-state index in [-0.39, 0.29) is 5.92 Å². The molecule has 7 nitrogen and oxygen atoms in total. The summed E-state index contributed by atoms with van der Waals surface area (Å²) in [6, 6.07) is 5.90. The van der Waals surface area contributed by atoms with Crippen molar-refractivity contribution >= 4 is 22.8 Å². The van der Waals surface area contributed by atoms with Gasteiger partial charge in [0.05, 0.1) is 24.9 Å². The maximum Gasteiger partial charge on any atom is 0.226 e. The largest absolute Gasteiger partial charge is 0.497 e. The van der Waals surface area contributed by atoms with Crippen LogP contribution in [-0.4, -0.2) is 67.8 Å². The number of carbonyl (C=O) groups excluding carboxylic acids is 1. The summed E-state index contributed by atoms with van der Waals surface area (Å²) in [5, 5.41) is 1.04. The maximum atomic E-state index is 13.1. The molecule has 2 saturated heterocycles. The van der Waals surface area contributed by atoms with Crippen molar-refractivity contribution in [2.45, 2.75) is 32.6 Å². The molecule has 30 heavy (non-hydrogen) atoms. The van der Waals surface area contributed by atoms with Gasteiger partial charge in [-0.2, -0.15) is 0 Å². The van der Waals surface area contributed by atoms with Gasteiger partial charge in [0.1, 0.15) is 5.75 Å². The number of anilines is 1. The van der Waals surface area contributed by atoms with Crippen LogP contribution in [0.3, 0.4) is 0 Å². The van der Waals surface area contributed by atoms with Crippen LogP contribution < -0.4 is 9.64 Å². The molecule has 0 aliphatic carbocycles. The van der Waals surface area contributed by atoms with Crippen molar-refractivity contribution in [3.05, 3.63) is 23.9 Å². The second-order valence-electron chi connectivity index (χ2n) is 8.50. The molecule has 0 unspecified atom stereocenters.